The Bertz CT molecular complexity index is 422. The molecule has 100 valence electrons. The average molecular weight is 253 g/mol. The van der Waals surface area contributed by atoms with E-state index in [1.807, 2.05) is 18.9 Å². The molecule has 4 heteroatoms. The van der Waals surface area contributed by atoms with E-state index in [-0.39, 0.29) is 18.0 Å². The molecule has 0 spiro atoms. The Balaban J connectivity index is 2.22. The van der Waals surface area contributed by atoms with Crippen molar-refractivity contribution >= 4 is 5.69 Å². The van der Waals surface area contributed by atoms with E-state index < -0.39 is 6.10 Å². The average Bonchev–Trinajstić information content (AvgIpc) is 2.74. The van der Waals surface area contributed by atoms with Crippen molar-refractivity contribution in [3.8, 4) is 0 Å². The highest BCUT2D eigenvalue weighted by molar-refractivity contribution is 5.50. The number of likely N-dealkylation sites (N-methyl/N-ethyl adjacent to an activating group) is 1. The van der Waals surface area contributed by atoms with E-state index in [4.69, 9.17) is 4.74 Å². The van der Waals surface area contributed by atoms with Gasteiger partial charge in [0.2, 0.25) is 0 Å². The van der Waals surface area contributed by atoms with E-state index in [2.05, 4.69) is 0 Å². The minimum Gasteiger partial charge on any atom is -0.389 e. The first-order chi connectivity index (χ1) is 8.50. The number of rotatable bonds is 3. The van der Waals surface area contributed by atoms with Crippen LogP contribution in [0, 0.1) is 5.82 Å². The second kappa shape index (κ2) is 5.24. The van der Waals surface area contributed by atoms with Crippen LogP contribution in [0.5, 0.6) is 0 Å². The molecule has 2 rings (SSSR count). The monoisotopic (exact) mass is 253 g/mol. The maximum atomic E-state index is 14.0. The summed E-state index contributed by atoms with van der Waals surface area (Å²) in [6, 6.07) is 5.09. The highest BCUT2D eigenvalue weighted by atomic mass is 19.1. The largest absolute Gasteiger partial charge is 0.389 e. The van der Waals surface area contributed by atoms with Crippen LogP contribution in [-0.4, -0.2) is 30.9 Å². The summed E-state index contributed by atoms with van der Waals surface area (Å²) in [6.07, 6.45) is 0.383. The zero-order valence-corrected chi connectivity index (χ0v) is 11.1. The number of nitrogens with zero attached hydrogens (tertiary/aromatic N) is 1. The maximum absolute atomic E-state index is 14.0. The Kier molecular flexibility index (Phi) is 3.88. The smallest absolute Gasteiger partial charge is 0.146 e. The van der Waals surface area contributed by atoms with Crippen molar-refractivity contribution in [2.45, 2.75) is 38.5 Å². The summed E-state index contributed by atoms with van der Waals surface area (Å²) >= 11 is 0. The predicted octanol–water partition coefficient (Wildman–Crippen LogP) is 2.49. The van der Waals surface area contributed by atoms with Crippen LogP contribution in [0.4, 0.5) is 10.1 Å². The fraction of sp³-hybridized carbons (Fsp3) is 0.571. The fourth-order valence-electron chi connectivity index (χ4n) is 2.48. The third-order valence-corrected chi connectivity index (χ3v) is 3.67. The van der Waals surface area contributed by atoms with Gasteiger partial charge in [0, 0.05) is 13.7 Å². The van der Waals surface area contributed by atoms with Crippen molar-refractivity contribution in [3.63, 3.8) is 0 Å². The molecule has 3 unspecified atom stereocenters. The number of aliphatic hydroxyl groups excluding tert-OH is 1. The van der Waals surface area contributed by atoms with E-state index in [1.54, 1.807) is 19.1 Å². The zero-order chi connectivity index (χ0) is 13.3. The summed E-state index contributed by atoms with van der Waals surface area (Å²) < 4.78 is 19.6. The molecule has 3 atom stereocenters. The summed E-state index contributed by atoms with van der Waals surface area (Å²) in [4.78, 5) is 1.93. The second-order valence-corrected chi connectivity index (χ2v) is 4.93. The summed E-state index contributed by atoms with van der Waals surface area (Å²) in [6.45, 7) is 4.37. The third-order valence-electron chi connectivity index (χ3n) is 3.67. The van der Waals surface area contributed by atoms with Gasteiger partial charge in [-0.2, -0.15) is 0 Å². The summed E-state index contributed by atoms with van der Waals surface area (Å²) in [7, 11) is 1.89. The van der Waals surface area contributed by atoms with Gasteiger partial charge in [-0.15, -0.1) is 0 Å². The summed E-state index contributed by atoms with van der Waals surface area (Å²) in [5.41, 5.74) is 1.15. The van der Waals surface area contributed by atoms with Gasteiger partial charge in [-0.3, -0.25) is 0 Å². The first kappa shape index (κ1) is 13.3. The molecule has 0 saturated carbocycles. The van der Waals surface area contributed by atoms with Crippen molar-refractivity contribution in [2.75, 3.05) is 18.6 Å². The molecule has 3 nitrogen and oxygen atoms in total. The zero-order valence-electron chi connectivity index (χ0n) is 11.1. The SMILES string of the molecule is CC(O)c1ccc(N(C)C2CCOC2C)c(F)c1. The van der Waals surface area contributed by atoms with Crippen molar-refractivity contribution < 1.29 is 14.2 Å². The van der Waals surface area contributed by atoms with Crippen LogP contribution < -0.4 is 4.90 Å². The van der Waals surface area contributed by atoms with Crippen LogP contribution in [0.25, 0.3) is 0 Å². The Morgan fingerprint density at radius 1 is 1.50 bits per heavy atom. The van der Waals surface area contributed by atoms with Gasteiger partial charge in [0.05, 0.1) is 23.9 Å². The van der Waals surface area contributed by atoms with Crippen LogP contribution in [0.2, 0.25) is 0 Å². The maximum Gasteiger partial charge on any atom is 0.146 e. The number of aliphatic hydroxyl groups is 1. The highest BCUT2D eigenvalue weighted by Gasteiger charge is 2.29. The normalized spacial score (nSPS) is 25.2. The van der Waals surface area contributed by atoms with Gasteiger partial charge in [-0.25, -0.2) is 4.39 Å². The van der Waals surface area contributed by atoms with Gasteiger partial charge in [0.1, 0.15) is 5.82 Å². The van der Waals surface area contributed by atoms with Crippen LogP contribution in [0.1, 0.15) is 31.9 Å². The lowest BCUT2D eigenvalue weighted by Gasteiger charge is -2.29. The van der Waals surface area contributed by atoms with Gasteiger partial charge >= 0.3 is 0 Å². The minimum atomic E-state index is -0.646. The topological polar surface area (TPSA) is 32.7 Å². The quantitative estimate of drug-likeness (QED) is 0.898. The predicted molar refractivity (Wildman–Crippen MR) is 69.3 cm³/mol. The summed E-state index contributed by atoms with van der Waals surface area (Å²) in [5.74, 6) is -0.296. The number of benzene rings is 1. The van der Waals surface area contributed by atoms with Crippen molar-refractivity contribution in [2.24, 2.45) is 0 Å². The van der Waals surface area contributed by atoms with E-state index >= 15 is 0 Å². The number of ether oxygens (including phenoxy) is 1. The number of hydrogen-bond acceptors (Lipinski definition) is 3. The molecule has 0 aromatic heterocycles. The molecule has 1 aromatic carbocycles. The molecule has 1 aliphatic heterocycles. The number of anilines is 1. The minimum absolute atomic E-state index is 0.117. The molecule has 1 saturated heterocycles. The van der Waals surface area contributed by atoms with Gasteiger partial charge in [-0.05, 0) is 38.0 Å². The van der Waals surface area contributed by atoms with Crippen LogP contribution >= 0.6 is 0 Å². The van der Waals surface area contributed by atoms with Crippen LogP contribution in [0.3, 0.4) is 0 Å². The highest BCUT2D eigenvalue weighted by Crippen LogP contribution is 2.28. The second-order valence-electron chi connectivity index (χ2n) is 4.93. The molecule has 0 aliphatic carbocycles. The Morgan fingerprint density at radius 3 is 2.72 bits per heavy atom. The molecule has 1 N–H and O–H groups in total. The number of halogens is 1. The van der Waals surface area contributed by atoms with Gasteiger partial charge in [0.15, 0.2) is 0 Å². The molecule has 18 heavy (non-hydrogen) atoms. The first-order valence-electron chi connectivity index (χ1n) is 6.32. The molecule has 0 bridgehead atoms. The number of hydrogen-bond donors (Lipinski definition) is 1. The van der Waals surface area contributed by atoms with Crippen LogP contribution in [0.15, 0.2) is 18.2 Å². The molecule has 0 amide bonds. The van der Waals surface area contributed by atoms with Crippen molar-refractivity contribution in [3.05, 3.63) is 29.6 Å². The van der Waals surface area contributed by atoms with E-state index in [0.29, 0.717) is 11.3 Å². The lowest BCUT2D eigenvalue weighted by Crippen LogP contribution is -2.37. The Hall–Kier alpha value is -1.13. The molecule has 1 aromatic rings. The van der Waals surface area contributed by atoms with Gasteiger partial charge < -0.3 is 14.7 Å². The van der Waals surface area contributed by atoms with Gasteiger partial charge in [-0.1, -0.05) is 6.07 Å². The Morgan fingerprint density at radius 2 is 2.22 bits per heavy atom. The molecular formula is C14H20FNO2. The molecular weight excluding hydrogens is 233 g/mol. The van der Waals surface area contributed by atoms with E-state index in [1.165, 1.54) is 6.07 Å². The van der Waals surface area contributed by atoms with Gasteiger partial charge in [0.25, 0.3) is 0 Å². The lowest BCUT2D eigenvalue weighted by molar-refractivity contribution is 0.118. The fourth-order valence-corrected chi connectivity index (χ4v) is 2.48. The first-order valence-corrected chi connectivity index (χ1v) is 6.32. The van der Waals surface area contributed by atoms with E-state index in [9.17, 15) is 9.50 Å². The molecule has 1 fully saturated rings. The van der Waals surface area contributed by atoms with Crippen molar-refractivity contribution in [1.29, 1.82) is 0 Å². The lowest BCUT2D eigenvalue weighted by atomic mass is 10.1. The van der Waals surface area contributed by atoms with E-state index in [0.717, 1.165) is 13.0 Å². The molecule has 1 heterocycles. The summed E-state index contributed by atoms with van der Waals surface area (Å²) in [5, 5.41) is 9.43. The third kappa shape index (κ3) is 2.49. The Labute approximate surface area is 107 Å². The standard InChI is InChI=1S/C14H20FNO2/c1-9(17)11-4-5-14(12(15)8-11)16(3)13-6-7-18-10(13)2/h4-5,8-10,13,17H,6-7H2,1-3H3. The van der Waals surface area contributed by atoms with Crippen LogP contribution in [-0.2, 0) is 4.74 Å². The molecule has 1 aliphatic rings. The molecule has 0 radical (unpaired) electrons. The van der Waals surface area contributed by atoms with Crippen molar-refractivity contribution in [1.82, 2.24) is 0 Å².